The van der Waals surface area contributed by atoms with Crippen molar-refractivity contribution in [3.63, 3.8) is 0 Å². The van der Waals surface area contributed by atoms with Gasteiger partial charge in [-0.1, -0.05) is 0 Å². The summed E-state index contributed by atoms with van der Waals surface area (Å²) in [5, 5.41) is 17.7. The van der Waals surface area contributed by atoms with Gasteiger partial charge >= 0.3 is 5.69 Å². The molecule has 0 saturated heterocycles. The first-order valence-corrected chi connectivity index (χ1v) is 5.30. The zero-order valence-electron chi connectivity index (χ0n) is 10.1. The second kappa shape index (κ2) is 5.27. The molecule has 2 aromatic heterocycles. The van der Waals surface area contributed by atoms with E-state index >= 15 is 0 Å². The summed E-state index contributed by atoms with van der Waals surface area (Å²) in [5.74, 6) is 6.15. The lowest BCUT2D eigenvalue weighted by atomic mass is 10.3. The minimum absolute atomic E-state index is 0.105. The number of anilines is 2. The van der Waals surface area contributed by atoms with Crippen LogP contribution in [0, 0.1) is 10.1 Å². The molecule has 0 saturated carbocycles. The predicted octanol–water partition coefficient (Wildman–Crippen LogP) is 0.0160. The van der Waals surface area contributed by atoms with Gasteiger partial charge in [-0.2, -0.15) is 5.10 Å². The van der Waals surface area contributed by atoms with Crippen LogP contribution < -0.4 is 16.6 Å². The minimum atomic E-state index is -0.526. The van der Waals surface area contributed by atoms with Crippen LogP contribution in [0.15, 0.2) is 18.5 Å². The van der Waals surface area contributed by atoms with Crippen molar-refractivity contribution in [2.24, 2.45) is 12.9 Å². The van der Waals surface area contributed by atoms with Crippen molar-refractivity contribution in [3.8, 4) is 0 Å². The van der Waals surface area contributed by atoms with Gasteiger partial charge < -0.3 is 10.7 Å². The Labute approximate surface area is 107 Å². The topological polar surface area (TPSA) is 137 Å². The molecule has 0 aliphatic carbocycles. The molecule has 10 heteroatoms. The number of nitrogen functional groups attached to an aromatic ring is 1. The zero-order chi connectivity index (χ0) is 13.8. The molecular weight excluding hydrogens is 252 g/mol. The predicted molar refractivity (Wildman–Crippen MR) is 67.0 cm³/mol. The Bertz CT molecular complexity index is 596. The van der Waals surface area contributed by atoms with Crippen molar-refractivity contribution >= 4 is 17.3 Å². The van der Waals surface area contributed by atoms with E-state index in [1.54, 1.807) is 7.05 Å². The van der Waals surface area contributed by atoms with Crippen molar-refractivity contribution < 1.29 is 4.92 Å². The molecule has 0 aromatic carbocycles. The molecule has 100 valence electrons. The Morgan fingerprint density at radius 1 is 1.53 bits per heavy atom. The van der Waals surface area contributed by atoms with E-state index in [1.165, 1.54) is 23.1 Å². The Morgan fingerprint density at radius 3 is 2.89 bits per heavy atom. The van der Waals surface area contributed by atoms with E-state index in [0.717, 1.165) is 0 Å². The number of nitrogens with one attached hydrogen (secondary N) is 2. The number of hydrogen-bond acceptors (Lipinski definition) is 8. The van der Waals surface area contributed by atoms with E-state index in [9.17, 15) is 10.1 Å². The molecule has 0 aliphatic heterocycles. The van der Waals surface area contributed by atoms with Crippen LogP contribution in [0.4, 0.5) is 17.3 Å². The monoisotopic (exact) mass is 264 g/mol. The molecule has 0 spiro atoms. The summed E-state index contributed by atoms with van der Waals surface area (Å²) < 4.78 is 1.54. The van der Waals surface area contributed by atoms with Crippen LogP contribution in [0.2, 0.25) is 0 Å². The lowest BCUT2D eigenvalue weighted by Gasteiger charge is -2.06. The quantitative estimate of drug-likeness (QED) is 0.390. The molecule has 19 heavy (non-hydrogen) atoms. The van der Waals surface area contributed by atoms with Gasteiger partial charge in [0, 0.05) is 13.1 Å². The van der Waals surface area contributed by atoms with Crippen LogP contribution in [-0.4, -0.2) is 24.7 Å². The molecule has 0 unspecified atom stereocenters. The number of rotatable bonds is 5. The number of aryl methyl sites for hydroxylation is 1. The molecule has 10 nitrogen and oxygen atoms in total. The summed E-state index contributed by atoms with van der Waals surface area (Å²) >= 11 is 0. The number of hydrogen-bond donors (Lipinski definition) is 3. The Morgan fingerprint density at radius 2 is 2.32 bits per heavy atom. The third-order valence-corrected chi connectivity index (χ3v) is 2.28. The second-order valence-electron chi connectivity index (χ2n) is 3.65. The standard InChI is InChI=1S/C9H12N8O2/c1-16-5-12-8(15-16)4-11-9-6(17(18)19)2-3-7(13-9)14-10/h2-3,5H,4,10H2,1H3,(H2,11,13,14). The SMILES string of the molecule is Cn1cnc(CNc2nc(NN)ccc2[N+](=O)[O-])n1. The van der Waals surface area contributed by atoms with Crippen molar-refractivity contribution in [3.05, 3.63) is 34.4 Å². The smallest absolute Gasteiger partial charge is 0.311 e. The van der Waals surface area contributed by atoms with Crippen LogP contribution >= 0.6 is 0 Å². The first-order chi connectivity index (χ1) is 9.10. The summed E-state index contributed by atoms with van der Waals surface area (Å²) in [5.41, 5.74) is 2.18. The number of pyridine rings is 1. The number of hydrazine groups is 1. The highest BCUT2D eigenvalue weighted by molar-refractivity contribution is 5.59. The highest BCUT2D eigenvalue weighted by Gasteiger charge is 2.16. The summed E-state index contributed by atoms with van der Waals surface area (Å²) in [6, 6.07) is 2.73. The van der Waals surface area contributed by atoms with Gasteiger partial charge in [0.15, 0.2) is 5.82 Å². The molecule has 2 heterocycles. The summed E-state index contributed by atoms with van der Waals surface area (Å²) in [6.45, 7) is 0.225. The van der Waals surface area contributed by atoms with Gasteiger partial charge in [-0.05, 0) is 6.07 Å². The molecule has 4 N–H and O–H groups in total. The van der Waals surface area contributed by atoms with Gasteiger partial charge in [0.1, 0.15) is 12.1 Å². The summed E-state index contributed by atoms with van der Waals surface area (Å²) in [7, 11) is 1.73. The van der Waals surface area contributed by atoms with Crippen LogP contribution in [0.25, 0.3) is 0 Å². The molecule has 0 radical (unpaired) electrons. The van der Waals surface area contributed by atoms with E-state index in [0.29, 0.717) is 11.6 Å². The van der Waals surface area contributed by atoms with Crippen LogP contribution in [0.5, 0.6) is 0 Å². The number of nitro groups is 1. The van der Waals surface area contributed by atoms with Crippen molar-refractivity contribution in [2.75, 3.05) is 10.7 Å². The summed E-state index contributed by atoms with van der Waals surface area (Å²) in [4.78, 5) is 18.3. The average molecular weight is 264 g/mol. The van der Waals surface area contributed by atoms with Crippen molar-refractivity contribution in [1.82, 2.24) is 19.7 Å². The van der Waals surface area contributed by atoms with Gasteiger partial charge in [0.2, 0.25) is 5.82 Å². The highest BCUT2D eigenvalue weighted by atomic mass is 16.6. The molecule has 0 atom stereocenters. The van der Waals surface area contributed by atoms with Gasteiger partial charge in [-0.3, -0.25) is 14.8 Å². The van der Waals surface area contributed by atoms with Gasteiger partial charge in [-0.15, -0.1) is 0 Å². The molecule has 2 aromatic rings. The molecule has 0 fully saturated rings. The molecule has 2 rings (SSSR count). The summed E-state index contributed by atoms with van der Waals surface area (Å²) in [6.07, 6.45) is 1.54. The Kier molecular flexibility index (Phi) is 3.52. The lowest BCUT2D eigenvalue weighted by molar-refractivity contribution is -0.384. The van der Waals surface area contributed by atoms with E-state index in [2.05, 4.69) is 25.8 Å². The maximum absolute atomic E-state index is 10.9. The fraction of sp³-hybridized carbons (Fsp3) is 0.222. The maximum atomic E-state index is 10.9. The molecule has 0 bridgehead atoms. The zero-order valence-corrected chi connectivity index (χ0v) is 10.1. The third-order valence-electron chi connectivity index (χ3n) is 2.28. The first kappa shape index (κ1) is 12.7. The van der Waals surface area contributed by atoms with Gasteiger partial charge in [0.05, 0.1) is 11.5 Å². The van der Waals surface area contributed by atoms with Gasteiger partial charge in [-0.25, -0.2) is 15.8 Å². The normalized spacial score (nSPS) is 10.2. The fourth-order valence-electron chi connectivity index (χ4n) is 1.44. The first-order valence-electron chi connectivity index (χ1n) is 5.30. The Balaban J connectivity index is 2.19. The third kappa shape index (κ3) is 2.93. The van der Waals surface area contributed by atoms with Crippen molar-refractivity contribution in [2.45, 2.75) is 6.54 Å². The van der Waals surface area contributed by atoms with Crippen LogP contribution in [0.3, 0.4) is 0 Å². The Hall–Kier alpha value is -2.75. The second-order valence-corrected chi connectivity index (χ2v) is 3.65. The highest BCUT2D eigenvalue weighted by Crippen LogP contribution is 2.23. The van der Waals surface area contributed by atoms with E-state index < -0.39 is 4.92 Å². The van der Waals surface area contributed by atoms with E-state index in [1.807, 2.05) is 0 Å². The van der Waals surface area contributed by atoms with Crippen LogP contribution in [0.1, 0.15) is 5.82 Å². The average Bonchev–Trinajstić information content (AvgIpc) is 2.81. The maximum Gasteiger partial charge on any atom is 0.311 e. The molecule has 0 aliphatic rings. The van der Waals surface area contributed by atoms with E-state index in [-0.39, 0.29) is 18.1 Å². The lowest BCUT2D eigenvalue weighted by Crippen LogP contribution is -2.11. The molecule has 0 amide bonds. The van der Waals surface area contributed by atoms with Crippen molar-refractivity contribution in [1.29, 1.82) is 0 Å². The number of aromatic nitrogens is 4. The fourth-order valence-corrected chi connectivity index (χ4v) is 1.44. The largest absolute Gasteiger partial charge is 0.357 e. The molecular formula is C9H12N8O2. The van der Waals surface area contributed by atoms with Gasteiger partial charge in [0.25, 0.3) is 0 Å². The number of nitrogens with two attached hydrogens (primary N) is 1. The minimum Gasteiger partial charge on any atom is -0.357 e. The van der Waals surface area contributed by atoms with E-state index in [4.69, 9.17) is 5.84 Å². The number of nitrogens with zero attached hydrogens (tertiary/aromatic N) is 5. The van der Waals surface area contributed by atoms with Crippen LogP contribution in [-0.2, 0) is 13.6 Å².